The lowest BCUT2D eigenvalue weighted by molar-refractivity contribution is 0.00566. The summed E-state index contributed by atoms with van der Waals surface area (Å²) in [6.45, 7) is 23.0. The summed E-state index contributed by atoms with van der Waals surface area (Å²) in [5, 5.41) is 4.98. The molecule has 3 aliphatic rings. The van der Waals surface area contributed by atoms with Gasteiger partial charge in [-0.3, -0.25) is 0 Å². The first-order valence-electron chi connectivity index (χ1n) is 19.5. The van der Waals surface area contributed by atoms with Crippen molar-refractivity contribution in [1.29, 1.82) is 0 Å². The van der Waals surface area contributed by atoms with Gasteiger partial charge in [0.2, 0.25) is 5.88 Å². The van der Waals surface area contributed by atoms with Gasteiger partial charge in [0.25, 0.3) is 0 Å². The number of carbonyl (C=O) groups is 1. The van der Waals surface area contributed by atoms with Crippen LogP contribution < -0.4 is 9.64 Å². The maximum absolute atomic E-state index is 13.4. The molecule has 1 saturated carbocycles. The zero-order valence-corrected chi connectivity index (χ0v) is 37.6. The van der Waals surface area contributed by atoms with E-state index in [2.05, 4.69) is 77.8 Å². The zero-order valence-electron chi connectivity index (χ0n) is 33.4. The summed E-state index contributed by atoms with van der Waals surface area (Å²) in [5.41, 5.74) is 3.14. The second kappa shape index (κ2) is 16.4. The first-order chi connectivity index (χ1) is 25.0. The topological polar surface area (TPSA) is 104 Å². The van der Waals surface area contributed by atoms with E-state index in [1.807, 2.05) is 48.6 Å². The Labute approximate surface area is 332 Å². The van der Waals surface area contributed by atoms with Crippen molar-refractivity contribution < 1.29 is 23.7 Å². The van der Waals surface area contributed by atoms with Gasteiger partial charge in [-0.05, 0) is 106 Å². The number of amides is 1. The molecule has 5 heterocycles. The number of fused-ring (bicyclic) bond motifs is 3. The average molecular weight is 877 g/mol. The van der Waals surface area contributed by atoms with Crippen molar-refractivity contribution in [2.75, 3.05) is 38.2 Å². The molecule has 6 rings (SSSR count). The van der Waals surface area contributed by atoms with E-state index < -0.39 is 21.7 Å². The molecule has 14 heteroatoms. The summed E-state index contributed by atoms with van der Waals surface area (Å²) in [7, 11) is -2.56. The minimum absolute atomic E-state index is 0.119. The van der Waals surface area contributed by atoms with E-state index in [4.69, 9.17) is 29.0 Å². The SMILES string of the molecule is CC(C)(C)OC(=O)N1[C@@H]2CC[C@H]1CC(c1nc3c(-c4ccc(OCC5CC5)nc4)cnn3c(N(COCC[Si](C)(C)C)COCC[Si](C)(C)C)c1I)C2. The summed E-state index contributed by atoms with van der Waals surface area (Å²) in [5.74, 6) is 2.40. The molecule has 2 saturated heterocycles. The number of pyridine rings is 1. The Morgan fingerprint density at radius 3 is 2.08 bits per heavy atom. The second-order valence-electron chi connectivity index (χ2n) is 18.7. The lowest BCUT2D eigenvalue weighted by Crippen LogP contribution is -2.48. The van der Waals surface area contributed by atoms with E-state index in [9.17, 15) is 4.79 Å². The summed E-state index contributed by atoms with van der Waals surface area (Å²) in [4.78, 5) is 27.7. The smallest absolute Gasteiger partial charge is 0.410 e. The molecular weight excluding hydrogens is 816 g/mol. The van der Waals surface area contributed by atoms with Gasteiger partial charge in [0, 0.05) is 70.8 Å². The highest BCUT2D eigenvalue weighted by Gasteiger charge is 2.46. The van der Waals surface area contributed by atoms with Gasteiger partial charge < -0.3 is 28.7 Å². The molecular formula is C39H61IN6O5Si2. The molecule has 0 N–H and O–H groups in total. The number of ether oxygens (including phenoxy) is 4. The third kappa shape index (κ3) is 10.7. The second-order valence-corrected chi connectivity index (χ2v) is 31.1. The molecule has 1 unspecified atom stereocenters. The van der Waals surface area contributed by atoms with Crippen molar-refractivity contribution in [2.45, 2.75) is 134 Å². The van der Waals surface area contributed by atoms with E-state index in [1.54, 1.807) is 0 Å². The Morgan fingerprint density at radius 1 is 0.925 bits per heavy atom. The fourth-order valence-corrected chi connectivity index (χ4v) is 9.76. The number of nitrogens with zero attached hydrogens (tertiary/aromatic N) is 6. The van der Waals surface area contributed by atoms with Gasteiger partial charge in [0.15, 0.2) is 11.5 Å². The van der Waals surface area contributed by atoms with Gasteiger partial charge in [-0.15, -0.1) is 0 Å². The van der Waals surface area contributed by atoms with Crippen LogP contribution in [0.25, 0.3) is 16.8 Å². The average Bonchev–Trinajstić information content (AvgIpc) is 3.74. The summed E-state index contributed by atoms with van der Waals surface area (Å²) in [6.07, 6.45) is 9.68. The number of aromatic nitrogens is 4. The molecule has 1 aliphatic carbocycles. The van der Waals surface area contributed by atoms with Crippen molar-refractivity contribution in [3.05, 3.63) is 33.8 Å². The molecule has 3 aromatic rings. The predicted octanol–water partition coefficient (Wildman–Crippen LogP) is 9.26. The summed E-state index contributed by atoms with van der Waals surface area (Å²) in [6, 6.07) is 6.42. The van der Waals surface area contributed by atoms with Gasteiger partial charge in [0.1, 0.15) is 19.1 Å². The zero-order chi connectivity index (χ0) is 38.1. The van der Waals surface area contributed by atoms with E-state index in [0.717, 1.165) is 76.2 Å². The van der Waals surface area contributed by atoms with E-state index in [0.29, 0.717) is 38.5 Å². The largest absolute Gasteiger partial charge is 0.477 e. The molecule has 0 aromatic carbocycles. The first-order valence-corrected chi connectivity index (χ1v) is 28.0. The number of anilines is 1. The van der Waals surface area contributed by atoms with Crippen LogP contribution in [-0.4, -0.2) is 97.7 Å². The lowest BCUT2D eigenvalue weighted by Gasteiger charge is -2.39. The van der Waals surface area contributed by atoms with Crippen LogP contribution in [0, 0.1) is 9.49 Å². The van der Waals surface area contributed by atoms with Gasteiger partial charge in [0.05, 0.1) is 22.1 Å². The lowest BCUT2D eigenvalue weighted by atomic mass is 9.88. The van der Waals surface area contributed by atoms with Crippen LogP contribution in [0.2, 0.25) is 51.4 Å². The fourth-order valence-electron chi connectivity index (χ4n) is 7.11. The van der Waals surface area contributed by atoms with Crippen molar-refractivity contribution >= 4 is 56.3 Å². The van der Waals surface area contributed by atoms with Crippen LogP contribution in [0.1, 0.15) is 70.9 Å². The Morgan fingerprint density at radius 2 is 1.55 bits per heavy atom. The molecule has 2 bridgehead atoms. The minimum Gasteiger partial charge on any atom is -0.477 e. The van der Waals surface area contributed by atoms with Crippen molar-refractivity contribution in [2.24, 2.45) is 5.92 Å². The van der Waals surface area contributed by atoms with Gasteiger partial charge in [-0.25, -0.2) is 14.8 Å². The minimum atomic E-state index is -1.28. The monoisotopic (exact) mass is 876 g/mol. The van der Waals surface area contributed by atoms with Crippen LogP contribution in [0.4, 0.5) is 10.6 Å². The molecule has 11 nitrogen and oxygen atoms in total. The number of piperidine rings is 1. The molecule has 3 atom stereocenters. The molecule has 0 spiro atoms. The predicted molar refractivity (Wildman–Crippen MR) is 224 cm³/mol. The number of halogens is 1. The standard InChI is InChI=1S/C39H61IN6O5Si2/c1-39(2,3)51-38(47)45-30-13-14-31(45)21-29(20-30)35-34(40)37(44(25-48-16-18-52(4,5)6)26-49-17-19-53(7,8)9)46-36(43-35)32(23-42-46)28-12-15-33(41-22-28)50-24-27-10-11-27/h12,15,22-23,27,29-31H,10-11,13-14,16-21,24-26H2,1-9H3/t29?,30-,31+. The fraction of sp³-hybridized carbons (Fsp3) is 0.692. The van der Waals surface area contributed by atoms with Crippen molar-refractivity contribution in [1.82, 2.24) is 24.5 Å². The third-order valence-corrected chi connectivity index (χ3v) is 14.8. The number of hydrogen-bond acceptors (Lipinski definition) is 9. The first kappa shape index (κ1) is 40.4. The van der Waals surface area contributed by atoms with Gasteiger partial charge in [-0.1, -0.05) is 39.3 Å². The highest BCUT2D eigenvalue weighted by molar-refractivity contribution is 14.1. The van der Waals surface area contributed by atoms with E-state index >= 15 is 0 Å². The number of rotatable bonds is 16. The Hall–Kier alpha value is -2.28. The molecule has 292 valence electrons. The number of hydrogen-bond donors (Lipinski definition) is 0. The number of carbonyl (C=O) groups excluding carboxylic acids is 1. The molecule has 1 amide bonds. The molecule has 0 radical (unpaired) electrons. The molecule has 3 aromatic heterocycles. The Bertz CT molecular complexity index is 1680. The summed E-state index contributed by atoms with van der Waals surface area (Å²) < 4.78 is 27.7. The van der Waals surface area contributed by atoms with Gasteiger partial charge >= 0.3 is 6.09 Å². The quantitative estimate of drug-likeness (QED) is 0.0603. The normalized spacial score (nSPS) is 20.6. The molecule has 53 heavy (non-hydrogen) atoms. The highest BCUT2D eigenvalue weighted by atomic mass is 127. The van der Waals surface area contributed by atoms with Crippen LogP contribution in [0.15, 0.2) is 24.5 Å². The van der Waals surface area contributed by atoms with Crippen LogP contribution in [0.5, 0.6) is 5.88 Å². The van der Waals surface area contributed by atoms with E-state index in [1.165, 1.54) is 12.8 Å². The summed E-state index contributed by atoms with van der Waals surface area (Å²) >= 11 is 2.48. The maximum atomic E-state index is 13.4. The Balaban J connectivity index is 1.36. The molecule has 3 fully saturated rings. The third-order valence-electron chi connectivity index (χ3n) is 10.3. The molecule has 2 aliphatic heterocycles. The van der Waals surface area contributed by atoms with E-state index in [-0.39, 0.29) is 24.1 Å². The van der Waals surface area contributed by atoms with Crippen LogP contribution in [-0.2, 0) is 14.2 Å². The van der Waals surface area contributed by atoms with Crippen LogP contribution >= 0.6 is 22.6 Å². The highest BCUT2D eigenvalue weighted by Crippen LogP contribution is 2.46. The van der Waals surface area contributed by atoms with Gasteiger partial charge in [-0.2, -0.15) is 9.61 Å². The Kier molecular flexibility index (Phi) is 12.5. The van der Waals surface area contributed by atoms with Crippen molar-refractivity contribution in [3.8, 4) is 17.0 Å². The maximum Gasteiger partial charge on any atom is 0.410 e. The van der Waals surface area contributed by atoms with Crippen molar-refractivity contribution in [3.63, 3.8) is 0 Å². The van der Waals surface area contributed by atoms with Crippen LogP contribution in [0.3, 0.4) is 0 Å².